The zero-order valence-electron chi connectivity index (χ0n) is 15.9. The minimum Gasteiger partial charge on any atom is -0.298 e. The molecule has 0 amide bonds. The van der Waals surface area contributed by atoms with E-state index in [0.29, 0.717) is 27.9 Å². The number of hydrogen-bond acceptors (Lipinski definition) is 5. The van der Waals surface area contributed by atoms with Crippen molar-refractivity contribution < 1.29 is 21.6 Å². The van der Waals surface area contributed by atoms with Crippen molar-refractivity contribution in [3.63, 3.8) is 0 Å². The van der Waals surface area contributed by atoms with Gasteiger partial charge in [0.05, 0.1) is 18.1 Å². The first-order chi connectivity index (χ1) is 14.8. The van der Waals surface area contributed by atoms with Crippen LogP contribution in [0.5, 0.6) is 0 Å². The average molecular weight is 445 g/mol. The fourth-order valence-electron chi connectivity index (χ4n) is 2.85. The van der Waals surface area contributed by atoms with Gasteiger partial charge in [-0.3, -0.25) is 9.38 Å². The Morgan fingerprint density at radius 2 is 1.84 bits per heavy atom. The number of sulfonamides is 1. The highest BCUT2D eigenvalue weighted by molar-refractivity contribution is 7.89. The summed E-state index contributed by atoms with van der Waals surface area (Å²) < 4.78 is 67.7. The van der Waals surface area contributed by atoms with Crippen LogP contribution in [0.25, 0.3) is 16.8 Å². The van der Waals surface area contributed by atoms with Gasteiger partial charge in [0, 0.05) is 36.8 Å². The van der Waals surface area contributed by atoms with Crippen LogP contribution >= 0.6 is 0 Å². The summed E-state index contributed by atoms with van der Waals surface area (Å²) in [5.41, 5.74) is 2.74. The van der Waals surface area contributed by atoms with Gasteiger partial charge in [0.15, 0.2) is 17.5 Å². The molecule has 0 N–H and O–H groups in total. The summed E-state index contributed by atoms with van der Waals surface area (Å²) in [6, 6.07) is 8.50. The molecule has 0 radical (unpaired) electrons. The highest BCUT2D eigenvalue weighted by atomic mass is 32.2. The summed E-state index contributed by atoms with van der Waals surface area (Å²) in [6.45, 7) is 0. The van der Waals surface area contributed by atoms with Gasteiger partial charge in [-0.1, -0.05) is 6.07 Å². The van der Waals surface area contributed by atoms with Crippen molar-refractivity contribution in [1.82, 2.24) is 18.8 Å². The van der Waals surface area contributed by atoms with Gasteiger partial charge in [0.25, 0.3) is 10.0 Å². The van der Waals surface area contributed by atoms with Crippen molar-refractivity contribution in [3.8, 4) is 11.1 Å². The third kappa shape index (κ3) is 3.75. The zero-order valence-corrected chi connectivity index (χ0v) is 16.8. The van der Waals surface area contributed by atoms with Crippen molar-refractivity contribution in [2.75, 3.05) is 7.05 Å². The third-order valence-electron chi connectivity index (χ3n) is 4.51. The number of aromatic nitrogens is 3. The topological polar surface area (TPSA) is 79.9 Å². The SMILES string of the molecule is CN(N=Cc1cnc2ccc(-c3cccnc3)cn12)S(=O)(=O)c1ccc(F)c(F)c1F. The number of rotatable bonds is 5. The molecule has 0 spiro atoms. The molecule has 0 saturated carbocycles. The largest absolute Gasteiger partial charge is 0.298 e. The van der Waals surface area contributed by atoms with E-state index in [1.54, 1.807) is 35.1 Å². The molecule has 1 aromatic carbocycles. The fraction of sp³-hybridized carbons (Fsp3) is 0.0500. The molecule has 0 fully saturated rings. The number of halogens is 3. The first-order valence-corrected chi connectivity index (χ1v) is 10.3. The van der Waals surface area contributed by atoms with E-state index in [1.807, 2.05) is 12.1 Å². The van der Waals surface area contributed by atoms with Gasteiger partial charge in [-0.2, -0.15) is 17.9 Å². The van der Waals surface area contributed by atoms with Crippen molar-refractivity contribution in [1.29, 1.82) is 0 Å². The number of imidazole rings is 1. The molecule has 0 aliphatic rings. The van der Waals surface area contributed by atoms with E-state index in [1.165, 1.54) is 12.4 Å². The van der Waals surface area contributed by atoms with Crippen LogP contribution in [-0.4, -0.2) is 40.5 Å². The lowest BCUT2D eigenvalue weighted by molar-refractivity contribution is 0.425. The molecule has 7 nitrogen and oxygen atoms in total. The van der Waals surface area contributed by atoms with Crippen LogP contribution in [0.15, 0.2) is 71.2 Å². The molecule has 4 aromatic rings. The predicted octanol–water partition coefficient (Wildman–Crippen LogP) is 3.47. The molecule has 0 unspecified atom stereocenters. The number of fused-ring (bicyclic) bond motifs is 1. The van der Waals surface area contributed by atoms with E-state index >= 15 is 0 Å². The predicted molar refractivity (Wildman–Crippen MR) is 107 cm³/mol. The Labute approximate surface area is 175 Å². The van der Waals surface area contributed by atoms with Gasteiger partial charge in [0.1, 0.15) is 10.5 Å². The lowest BCUT2D eigenvalue weighted by Gasteiger charge is -2.14. The zero-order chi connectivity index (χ0) is 22.2. The third-order valence-corrected chi connectivity index (χ3v) is 6.17. The summed E-state index contributed by atoms with van der Waals surface area (Å²) in [6.07, 6.45) is 7.82. The van der Waals surface area contributed by atoms with Gasteiger partial charge >= 0.3 is 0 Å². The van der Waals surface area contributed by atoms with Crippen molar-refractivity contribution in [3.05, 3.63) is 84.3 Å². The van der Waals surface area contributed by atoms with Crippen molar-refractivity contribution in [2.24, 2.45) is 5.10 Å². The van der Waals surface area contributed by atoms with E-state index < -0.39 is 32.4 Å². The maximum absolute atomic E-state index is 14.0. The van der Waals surface area contributed by atoms with E-state index in [-0.39, 0.29) is 0 Å². The molecule has 4 rings (SSSR count). The summed E-state index contributed by atoms with van der Waals surface area (Å²) in [5, 5.41) is 3.82. The molecule has 0 aliphatic carbocycles. The number of hydrogen-bond donors (Lipinski definition) is 0. The van der Waals surface area contributed by atoms with E-state index in [9.17, 15) is 21.6 Å². The summed E-state index contributed by atoms with van der Waals surface area (Å²) >= 11 is 0. The molecular formula is C20H14F3N5O2S. The Morgan fingerprint density at radius 3 is 2.58 bits per heavy atom. The average Bonchev–Trinajstić information content (AvgIpc) is 3.18. The lowest BCUT2D eigenvalue weighted by atomic mass is 10.1. The highest BCUT2D eigenvalue weighted by Crippen LogP contribution is 2.23. The smallest absolute Gasteiger partial charge is 0.281 e. The molecule has 0 bridgehead atoms. The Balaban J connectivity index is 1.67. The molecule has 0 aliphatic heterocycles. The Bertz CT molecular complexity index is 1410. The first-order valence-electron chi connectivity index (χ1n) is 8.83. The van der Waals surface area contributed by atoms with Crippen LogP contribution in [0.1, 0.15) is 5.69 Å². The maximum atomic E-state index is 14.0. The second kappa shape index (κ2) is 7.84. The van der Waals surface area contributed by atoms with Gasteiger partial charge in [-0.15, -0.1) is 0 Å². The van der Waals surface area contributed by atoms with E-state index in [0.717, 1.165) is 18.2 Å². The monoisotopic (exact) mass is 445 g/mol. The Morgan fingerprint density at radius 1 is 1.03 bits per heavy atom. The molecular weight excluding hydrogens is 431 g/mol. The number of benzene rings is 1. The molecule has 31 heavy (non-hydrogen) atoms. The Hall–Kier alpha value is -3.73. The van der Waals surface area contributed by atoms with Crippen molar-refractivity contribution >= 4 is 21.9 Å². The normalized spacial score (nSPS) is 12.0. The van der Waals surface area contributed by atoms with E-state index in [2.05, 4.69) is 15.1 Å². The van der Waals surface area contributed by atoms with Crippen LogP contribution in [0.3, 0.4) is 0 Å². The Kier molecular flexibility index (Phi) is 5.19. The molecule has 3 heterocycles. The van der Waals surface area contributed by atoms with Gasteiger partial charge in [-0.25, -0.2) is 18.2 Å². The summed E-state index contributed by atoms with van der Waals surface area (Å²) in [7, 11) is -3.50. The van der Waals surface area contributed by atoms with Crippen LogP contribution in [-0.2, 0) is 10.0 Å². The van der Waals surface area contributed by atoms with Gasteiger partial charge in [-0.05, 0) is 30.3 Å². The minimum absolute atomic E-state index is 0.438. The van der Waals surface area contributed by atoms with Crippen LogP contribution in [0.2, 0.25) is 0 Å². The number of pyridine rings is 2. The standard InChI is InChI=1S/C20H14F3N5O2S/c1-27(31(29,30)17-6-5-16(21)19(22)20(17)23)26-11-15-10-25-18-7-4-14(12-28(15)18)13-3-2-8-24-9-13/h2-12H,1H3. The van der Waals surface area contributed by atoms with Gasteiger partial charge < -0.3 is 0 Å². The number of hydrazone groups is 1. The van der Waals surface area contributed by atoms with Crippen LogP contribution in [0, 0.1) is 17.5 Å². The van der Waals surface area contributed by atoms with E-state index in [4.69, 9.17) is 0 Å². The molecule has 0 saturated heterocycles. The highest BCUT2D eigenvalue weighted by Gasteiger charge is 2.27. The van der Waals surface area contributed by atoms with Crippen LogP contribution in [0.4, 0.5) is 13.2 Å². The maximum Gasteiger partial charge on any atom is 0.281 e. The lowest BCUT2D eigenvalue weighted by Crippen LogP contribution is -2.23. The molecule has 0 atom stereocenters. The van der Waals surface area contributed by atoms with Crippen molar-refractivity contribution in [2.45, 2.75) is 4.90 Å². The fourth-order valence-corrected chi connectivity index (χ4v) is 3.86. The second-order valence-electron chi connectivity index (χ2n) is 6.43. The minimum atomic E-state index is -4.55. The van der Waals surface area contributed by atoms with Gasteiger partial charge in [0.2, 0.25) is 0 Å². The van der Waals surface area contributed by atoms with Crippen LogP contribution < -0.4 is 0 Å². The quantitative estimate of drug-likeness (QED) is 0.268. The molecule has 158 valence electrons. The second-order valence-corrected chi connectivity index (χ2v) is 8.35. The summed E-state index contributed by atoms with van der Waals surface area (Å²) in [5.74, 6) is -5.17. The molecule has 3 aromatic heterocycles. The number of nitrogens with zero attached hydrogens (tertiary/aromatic N) is 5. The first kappa shape index (κ1) is 20.5. The summed E-state index contributed by atoms with van der Waals surface area (Å²) in [4.78, 5) is 7.28. The molecule has 11 heteroatoms.